The highest BCUT2D eigenvalue weighted by Crippen LogP contribution is 2.31. The molecule has 1 aliphatic heterocycles. The molecular weight excluding hydrogens is 447 g/mol. The highest BCUT2D eigenvalue weighted by atomic mass is 35.5. The van der Waals surface area contributed by atoms with Gasteiger partial charge in [0.2, 0.25) is 0 Å². The average molecular weight is 475 g/mol. The number of nitrogens with one attached hydrogen (secondary N) is 1. The molecule has 1 N–H and O–H groups in total. The molecule has 2 heterocycles. The predicted octanol–water partition coefficient (Wildman–Crippen LogP) is 6.22. The molecule has 0 atom stereocenters. The Morgan fingerprint density at radius 1 is 1.16 bits per heavy atom. The minimum absolute atomic E-state index is 0.558. The number of hydrazone groups is 1. The summed E-state index contributed by atoms with van der Waals surface area (Å²) in [6.45, 7) is 3.42. The molecule has 164 valence electrons. The summed E-state index contributed by atoms with van der Waals surface area (Å²) in [6.07, 6.45) is 5.44. The molecule has 1 aliphatic rings. The van der Waals surface area contributed by atoms with E-state index in [4.69, 9.17) is 23.2 Å². The number of thiophene rings is 1. The molecule has 1 saturated heterocycles. The average Bonchev–Trinajstić information content (AvgIpc) is 3.11. The number of rotatable bonds is 7. The maximum atomic E-state index is 6.25. The Labute approximate surface area is 198 Å². The molecule has 4 nitrogen and oxygen atoms in total. The van der Waals surface area contributed by atoms with Gasteiger partial charge >= 0.3 is 0 Å². The van der Waals surface area contributed by atoms with Gasteiger partial charge in [-0.2, -0.15) is 5.10 Å². The van der Waals surface area contributed by atoms with Crippen LogP contribution >= 0.6 is 34.5 Å². The Hall–Kier alpha value is -1.63. The topological polar surface area (TPSA) is 30.9 Å². The third kappa shape index (κ3) is 5.60. The molecule has 4 rings (SSSR count). The lowest BCUT2D eigenvalue weighted by molar-refractivity contribution is 0.146. The molecule has 0 unspecified atom stereocenters. The largest absolute Gasteiger partial charge is 0.306 e. The van der Waals surface area contributed by atoms with E-state index < -0.39 is 0 Å². The highest BCUT2D eigenvalue weighted by Gasteiger charge is 2.21. The van der Waals surface area contributed by atoms with Crippen LogP contribution in [-0.4, -0.2) is 55.8 Å². The fourth-order valence-corrected chi connectivity index (χ4v) is 5.73. The van der Waals surface area contributed by atoms with Crippen LogP contribution in [0.15, 0.2) is 47.6 Å². The van der Waals surface area contributed by atoms with E-state index in [-0.39, 0.29) is 0 Å². The number of piperidine rings is 1. The summed E-state index contributed by atoms with van der Waals surface area (Å²) in [7, 11) is 4.38. The minimum atomic E-state index is 0.558. The maximum absolute atomic E-state index is 6.25. The Balaban J connectivity index is 1.47. The molecule has 2 aromatic carbocycles. The third-order valence-electron chi connectivity index (χ3n) is 5.99. The van der Waals surface area contributed by atoms with E-state index in [1.165, 1.54) is 46.5 Å². The van der Waals surface area contributed by atoms with Crippen LogP contribution in [0.4, 0.5) is 5.69 Å². The Morgan fingerprint density at radius 2 is 1.94 bits per heavy atom. The van der Waals surface area contributed by atoms with Crippen LogP contribution in [0, 0.1) is 0 Å². The van der Waals surface area contributed by atoms with Gasteiger partial charge in [0, 0.05) is 22.3 Å². The van der Waals surface area contributed by atoms with Crippen LogP contribution in [0.25, 0.3) is 10.1 Å². The zero-order chi connectivity index (χ0) is 21.8. The van der Waals surface area contributed by atoms with E-state index in [9.17, 15) is 0 Å². The van der Waals surface area contributed by atoms with Crippen LogP contribution in [0.2, 0.25) is 10.0 Å². The summed E-state index contributed by atoms with van der Waals surface area (Å²) in [5, 5.41) is 6.98. The Bertz CT molecular complexity index is 1050. The Morgan fingerprint density at radius 3 is 2.68 bits per heavy atom. The van der Waals surface area contributed by atoms with Gasteiger partial charge in [-0.1, -0.05) is 41.4 Å². The lowest BCUT2D eigenvalue weighted by Crippen LogP contribution is -2.42. The molecule has 31 heavy (non-hydrogen) atoms. The second kappa shape index (κ2) is 10.3. The molecule has 0 spiro atoms. The number of likely N-dealkylation sites (tertiary alicyclic amines) is 1. The molecule has 0 aliphatic carbocycles. The summed E-state index contributed by atoms with van der Waals surface area (Å²) >= 11 is 14.0. The number of anilines is 1. The first kappa shape index (κ1) is 22.6. The van der Waals surface area contributed by atoms with E-state index in [1.807, 2.05) is 12.3 Å². The van der Waals surface area contributed by atoms with Crippen molar-refractivity contribution in [2.45, 2.75) is 25.3 Å². The quantitative estimate of drug-likeness (QED) is 0.325. The lowest BCUT2D eigenvalue weighted by atomic mass is 10.0. The van der Waals surface area contributed by atoms with Gasteiger partial charge in [0.1, 0.15) is 0 Å². The predicted molar refractivity (Wildman–Crippen MR) is 136 cm³/mol. The summed E-state index contributed by atoms with van der Waals surface area (Å²) in [4.78, 5) is 6.15. The van der Waals surface area contributed by atoms with Gasteiger partial charge in [-0.05, 0) is 81.7 Å². The maximum Gasteiger partial charge on any atom is 0.0749 e. The molecule has 0 saturated carbocycles. The molecule has 0 radical (unpaired) electrons. The Kier molecular flexibility index (Phi) is 7.51. The first-order valence-corrected chi connectivity index (χ1v) is 12.2. The van der Waals surface area contributed by atoms with Gasteiger partial charge in [-0.25, -0.2) is 0 Å². The number of hydrogen-bond donors (Lipinski definition) is 1. The van der Waals surface area contributed by atoms with Crippen molar-refractivity contribution in [3.8, 4) is 0 Å². The van der Waals surface area contributed by atoms with E-state index in [0.717, 1.165) is 18.7 Å². The molecule has 7 heteroatoms. The third-order valence-corrected chi connectivity index (χ3v) is 7.69. The van der Waals surface area contributed by atoms with E-state index >= 15 is 0 Å². The minimum Gasteiger partial charge on any atom is -0.306 e. The highest BCUT2D eigenvalue weighted by molar-refractivity contribution is 7.20. The van der Waals surface area contributed by atoms with Crippen molar-refractivity contribution in [1.29, 1.82) is 0 Å². The number of hydrogen-bond acceptors (Lipinski definition) is 5. The van der Waals surface area contributed by atoms with Crippen LogP contribution in [0.3, 0.4) is 0 Å². The normalized spacial score (nSPS) is 16.0. The van der Waals surface area contributed by atoms with Crippen molar-refractivity contribution in [1.82, 2.24) is 9.80 Å². The summed E-state index contributed by atoms with van der Waals surface area (Å²) in [5.41, 5.74) is 5.17. The number of nitrogens with zero attached hydrogens (tertiary/aromatic N) is 3. The van der Waals surface area contributed by atoms with Gasteiger partial charge in [-0.15, -0.1) is 11.3 Å². The summed E-state index contributed by atoms with van der Waals surface area (Å²) < 4.78 is 1.30. The van der Waals surface area contributed by atoms with Crippen LogP contribution in [-0.2, 0) is 6.42 Å². The monoisotopic (exact) mass is 474 g/mol. The van der Waals surface area contributed by atoms with Crippen molar-refractivity contribution in [3.63, 3.8) is 0 Å². The van der Waals surface area contributed by atoms with Crippen molar-refractivity contribution in [2.24, 2.45) is 5.10 Å². The molecule has 0 amide bonds. The smallest absolute Gasteiger partial charge is 0.0749 e. The van der Waals surface area contributed by atoms with Crippen LogP contribution < -0.4 is 5.43 Å². The molecule has 1 fully saturated rings. The number of halogens is 2. The van der Waals surface area contributed by atoms with Crippen LogP contribution in [0.1, 0.15) is 23.3 Å². The van der Waals surface area contributed by atoms with E-state index in [0.29, 0.717) is 16.1 Å². The van der Waals surface area contributed by atoms with Gasteiger partial charge in [0.25, 0.3) is 0 Å². The van der Waals surface area contributed by atoms with Crippen molar-refractivity contribution < 1.29 is 0 Å². The fraction of sp³-hybridized carbons (Fsp3) is 0.375. The van der Waals surface area contributed by atoms with Crippen LogP contribution in [0.5, 0.6) is 0 Å². The zero-order valence-electron chi connectivity index (χ0n) is 17.9. The standard InChI is InChI=1S/C24H28Cl2N4S/c1-29(2)18-9-12-30(13-10-18)14-11-20-19-5-3-4-6-23(19)31-24(20)16-27-28-22-8-7-17(25)15-21(22)26/h3-8,15-16,18,28H,9-14H2,1-2H3/b27-16+. The van der Waals surface area contributed by atoms with Gasteiger partial charge in [-0.3, -0.25) is 5.43 Å². The lowest BCUT2D eigenvalue weighted by Gasteiger charge is -2.35. The second-order valence-electron chi connectivity index (χ2n) is 8.22. The molecule has 0 bridgehead atoms. The van der Waals surface area contributed by atoms with E-state index in [2.05, 4.69) is 58.7 Å². The summed E-state index contributed by atoms with van der Waals surface area (Å²) in [5.74, 6) is 0. The first-order valence-electron chi connectivity index (χ1n) is 10.6. The van der Waals surface area contributed by atoms with Crippen molar-refractivity contribution in [2.75, 3.05) is 39.2 Å². The molecular formula is C24H28Cl2N4S. The first-order chi connectivity index (χ1) is 15.0. The SMILES string of the molecule is CN(C)C1CCN(CCc2c(/C=N/Nc3ccc(Cl)cc3Cl)sc3ccccc23)CC1. The van der Waals surface area contributed by atoms with Gasteiger partial charge in [0.05, 0.1) is 21.8 Å². The second-order valence-corrected chi connectivity index (χ2v) is 10.1. The van der Waals surface area contributed by atoms with E-state index in [1.54, 1.807) is 23.5 Å². The molecule has 3 aromatic rings. The van der Waals surface area contributed by atoms with Gasteiger partial charge in [0.15, 0.2) is 0 Å². The fourth-order valence-electron chi connectivity index (χ4n) is 4.15. The van der Waals surface area contributed by atoms with Crippen molar-refractivity contribution in [3.05, 3.63) is 63.0 Å². The number of fused-ring (bicyclic) bond motifs is 1. The number of benzene rings is 2. The van der Waals surface area contributed by atoms with Gasteiger partial charge < -0.3 is 9.80 Å². The van der Waals surface area contributed by atoms with Crippen molar-refractivity contribution >= 4 is 56.5 Å². The molecule has 1 aromatic heterocycles. The summed E-state index contributed by atoms with van der Waals surface area (Å²) in [6, 6.07) is 14.7. The zero-order valence-corrected chi connectivity index (χ0v) is 20.3.